The van der Waals surface area contributed by atoms with Crippen LogP contribution in [-0.4, -0.2) is 46.7 Å². The van der Waals surface area contributed by atoms with E-state index in [1.54, 1.807) is 6.92 Å². The lowest BCUT2D eigenvalue weighted by molar-refractivity contribution is -0.166. The summed E-state index contributed by atoms with van der Waals surface area (Å²) in [7, 11) is 0. The minimum atomic E-state index is -1.18. The highest BCUT2D eigenvalue weighted by Gasteiger charge is 2.38. The van der Waals surface area contributed by atoms with Gasteiger partial charge in [0.1, 0.15) is 11.7 Å². The molecular formula is C13H23NO6. The molecular weight excluding hydrogens is 266 g/mol. The van der Waals surface area contributed by atoms with Gasteiger partial charge in [0, 0.05) is 5.57 Å². The lowest BCUT2D eigenvalue weighted by Gasteiger charge is -2.35. The molecule has 0 fully saturated rings. The average molecular weight is 289 g/mol. The van der Waals surface area contributed by atoms with Crippen LogP contribution in [0, 0.1) is 0 Å². The number of primary amides is 1. The third kappa shape index (κ3) is 6.03. The van der Waals surface area contributed by atoms with Crippen molar-refractivity contribution in [2.75, 3.05) is 6.61 Å². The molecule has 0 heterocycles. The predicted octanol–water partition coefficient (Wildman–Crippen LogP) is 0.482. The lowest BCUT2D eigenvalue weighted by atomic mass is 9.92. The molecule has 0 saturated carbocycles. The molecule has 0 rings (SSSR count). The van der Waals surface area contributed by atoms with Crippen molar-refractivity contribution in [3.8, 4) is 0 Å². The number of nitrogens with two attached hydrogens (primary N) is 1. The predicted molar refractivity (Wildman–Crippen MR) is 71.8 cm³/mol. The number of esters is 1. The van der Waals surface area contributed by atoms with Crippen LogP contribution in [0.15, 0.2) is 12.2 Å². The van der Waals surface area contributed by atoms with E-state index in [1.807, 2.05) is 0 Å². The van der Waals surface area contributed by atoms with E-state index >= 15 is 0 Å². The number of hydrogen-bond donors (Lipinski definition) is 3. The Hall–Kier alpha value is -1.60. The first-order valence-corrected chi connectivity index (χ1v) is 6.26. The second-order valence-electron chi connectivity index (χ2n) is 4.94. The van der Waals surface area contributed by atoms with Gasteiger partial charge in [0.15, 0.2) is 0 Å². The Morgan fingerprint density at radius 1 is 1.45 bits per heavy atom. The molecule has 0 aromatic rings. The highest BCUT2D eigenvalue weighted by Crippen LogP contribution is 2.26. The number of rotatable bonds is 8. The molecule has 1 amide bonds. The molecule has 0 aromatic carbocycles. The van der Waals surface area contributed by atoms with Crippen LogP contribution in [0.4, 0.5) is 4.79 Å². The van der Waals surface area contributed by atoms with Crippen LogP contribution in [-0.2, 0) is 14.3 Å². The first kappa shape index (κ1) is 18.4. The molecule has 0 aliphatic heterocycles. The van der Waals surface area contributed by atoms with E-state index in [0.29, 0.717) is 0 Å². The summed E-state index contributed by atoms with van der Waals surface area (Å²) in [6.45, 7) is 7.65. The Balaban J connectivity index is 4.95. The summed E-state index contributed by atoms with van der Waals surface area (Å²) in [5.74, 6) is -0.633. The fraction of sp³-hybridized carbons (Fsp3) is 0.692. The van der Waals surface area contributed by atoms with Crippen LogP contribution >= 0.6 is 0 Å². The number of carbonyl (C=O) groups excluding carboxylic acids is 2. The van der Waals surface area contributed by atoms with Crippen molar-refractivity contribution in [3.05, 3.63) is 12.2 Å². The largest absolute Gasteiger partial charge is 0.452 e. The van der Waals surface area contributed by atoms with Crippen LogP contribution in [0.25, 0.3) is 0 Å². The third-order valence-electron chi connectivity index (χ3n) is 3.01. The zero-order valence-corrected chi connectivity index (χ0v) is 12.1. The molecule has 3 unspecified atom stereocenters. The Labute approximate surface area is 118 Å². The number of hydrogen-bond acceptors (Lipinski definition) is 6. The molecule has 4 N–H and O–H groups in total. The molecule has 0 bridgehead atoms. The second kappa shape index (κ2) is 7.86. The van der Waals surface area contributed by atoms with Crippen molar-refractivity contribution in [2.24, 2.45) is 5.73 Å². The van der Waals surface area contributed by atoms with Crippen LogP contribution in [0.3, 0.4) is 0 Å². The van der Waals surface area contributed by atoms with E-state index in [0.717, 1.165) is 0 Å². The van der Waals surface area contributed by atoms with Crippen LogP contribution in [0.5, 0.6) is 0 Å². The van der Waals surface area contributed by atoms with Gasteiger partial charge in [0.05, 0.1) is 12.7 Å². The van der Waals surface area contributed by atoms with Crippen molar-refractivity contribution in [1.82, 2.24) is 0 Å². The maximum Gasteiger partial charge on any atom is 0.404 e. The van der Waals surface area contributed by atoms with Gasteiger partial charge in [-0.1, -0.05) is 6.58 Å². The molecule has 0 aliphatic carbocycles. The van der Waals surface area contributed by atoms with E-state index in [9.17, 15) is 14.7 Å². The summed E-state index contributed by atoms with van der Waals surface area (Å²) in [5, 5.41) is 18.2. The summed E-state index contributed by atoms with van der Waals surface area (Å²) < 4.78 is 10.1. The van der Waals surface area contributed by atoms with Crippen molar-refractivity contribution < 1.29 is 29.3 Å². The van der Waals surface area contributed by atoms with Gasteiger partial charge in [0.25, 0.3) is 0 Å². The average Bonchev–Trinajstić information content (AvgIpc) is 2.34. The normalized spacial score (nSPS) is 16.6. The summed E-state index contributed by atoms with van der Waals surface area (Å²) in [4.78, 5) is 22.5. The Kier molecular flexibility index (Phi) is 7.23. The van der Waals surface area contributed by atoms with Gasteiger partial charge in [-0.15, -0.1) is 0 Å². The summed E-state index contributed by atoms with van der Waals surface area (Å²) in [6, 6.07) is 0. The van der Waals surface area contributed by atoms with Crippen molar-refractivity contribution in [1.29, 1.82) is 0 Å². The molecule has 116 valence electrons. The van der Waals surface area contributed by atoms with Crippen LogP contribution in [0.2, 0.25) is 0 Å². The van der Waals surface area contributed by atoms with E-state index in [4.69, 9.17) is 20.3 Å². The number of aliphatic hydroxyl groups excluding tert-OH is 2. The molecule has 3 atom stereocenters. The maximum absolute atomic E-state index is 11.7. The molecule has 0 aromatic heterocycles. The Morgan fingerprint density at radius 2 is 2.00 bits per heavy atom. The molecule has 0 saturated heterocycles. The zero-order valence-electron chi connectivity index (χ0n) is 12.1. The van der Waals surface area contributed by atoms with Crippen molar-refractivity contribution in [2.45, 2.75) is 51.4 Å². The zero-order chi connectivity index (χ0) is 15.9. The topological polar surface area (TPSA) is 119 Å². The number of amides is 1. The minimum absolute atomic E-state index is 0.170. The van der Waals surface area contributed by atoms with Gasteiger partial charge < -0.3 is 25.4 Å². The second-order valence-corrected chi connectivity index (χ2v) is 4.94. The third-order valence-corrected chi connectivity index (χ3v) is 3.01. The monoisotopic (exact) mass is 289 g/mol. The standard InChI is InChI=1S/C13H23NO6/c1-8(2)11(17)20-13(4,6-5-10(16)7-15)9(3)19-12(14)18/h9-10,15-16H,1,5-7H2,2-4H3,(H2,14,18). The van der Waals surface area contributed by atoms with Gasteiger partial charge in [-0.05, 0) is 33.6 Å². The molecule has 7 heteroatoms. The van der Waals surface area contributed by atoms with Crippen molar-refractivity contribution >= 4 is 12.1 Å². The first-order valence-electron chi connectivity index (χ1n) is 6.26. The van der Waals surface area contributed by atoms with Crippen molar-refractivity contribution in [3.63, 3.8) is 0 Å². The molecule has 0 aliphatic rings. The van der Waals surface area contributed by atoms with Crippen LogP contribution < -0.4 is 5.73 Å². The van der Waals surface area contributed by atoms with Gasteiger partial charge in [-0.2, -0.15) is 0 Å². The molecule has 0 radical (unpaired) electrons. The van der Waals surface area contributed by atoms with E-state index in [2.05, 4.69) is 6.58 Å². The van der Waals surface area contributed by atoms with Crippen LogP contribution in [0.1, 0.15) is 33.6 Å². The fourth-order valence-electron chi connectivity index (χ4n) is 1.48. The number of aliphatic hydroxyl groups is 2. The van der Waals surface area contributed by atoms with Gasteiger partial charge in [0.2, 0.25) is 0 Å². The molecule has 7 nitrogen and oxygen atoms in total. The lowest BCUT2D eigenvalue weighted by Crippen LogP contribution is -2.46. The van der Waals surface area contributed by atoms with Gasteiger partial charge >= 0.3 is 12.1 Å². The molecule has 0 spiro atoms. The quantitative estimate of drug-likeness (QED) is 0.442. The summed E-state index contributed by atoms with van der Waals surface area (Å²) >= 11 is 0. The fourth-order valence-corrected chi connectivity index (χ4v) is 1.48. The van der Waals surface area contributed by atoms with E-state index < -0.39 is 36.5 Å². The Morgan fingerprint density at radius 3 is 2.40 bits per heavy atom. The number of carbonyl (C=O) groups is 2. The molecule has 20 heavy (non-hydrogen) atoms. The maximum atomic E-state index is 11.7. The smallest absolute Gasteiger partial charge is 0.404 e. The first-order chi connectivity index (χ1) is 9.12. The highest BCUT2D eigenvalue weighted by atomic mass is 16.6. The van der Waals surface area contributed by atoms with Gasteiger partial charge in [-0.3, -0.25) is 0 Å². The minimum Gasteiger partial charge on any atom is -0.452 e. The number of ether oxygens (including phenoxy) is 2. The summed E-state index contributed by atoms with van der Waals surface area (Å²) in [5.41, 5.74) is 3.97. The van der Waals surface area contributed by atoms with E-state index in [-0.39, 0.29) is 18.4 Å². The SMILES string of the molecule is C=C(C)C(=O)OC(C)(CCC(O)CO)C(C)OC(N)=O. The highest BCUT2D eigenvalue weighted by molar-refractivity contribution is 5.87. The Bertz CT molecular complexity index is 370. The summed E-state index contributed by atoms with van der Waals surface area (Å²) in [6.07, 6.45) is -2.39. The van der Waals surface area contributed by atoms with E-state index in [1.165, 1.54) is 13.8 Å². The van der Waals surface area contributed by atoms with Gasteiger partial charge in [-0.25, -0.2) is 9.59 Å².